The van der Waals surface area contributed by atoms with Crippen LogP contribution in [0.25, 0.3) is 5.65 Å². The number of benzene rings is 1. The Morgan fingerprint density at radius 1 is 1.19 bits per heavy atom. The van der Waals surface area contributed by atoms with Gasteiger partial charge >= 0.3 is 0 Å². The molecule has 0 aliphatic carbocycles. The van der Waals surface area contributed by atoms with Crippen molar-refractivity contribution < 1.29 is 4.79 Å². The molecule has 0 radical (unpaired) electrons. The molecule has 4 heteroatoms. The van der Waals surface area contributed by atoms with Crippen LogP contribution in [0.3, 0.4) is 0 Å². The molecule has 3 aromatic rings. The second kappa shape index (κ2) is 6.60. The minimum Gasteiger partial charge on any atom is -0.335 e. The van der Waals surface area contributed by atoms with Gasteiger partial charge in [0.1, 0.15) is 5.65 Å². The maximum Gasteiger partial charge on any atom is 0.229 e. The third-order valence-corrected chi connectivity index (χ3v) is 5.26. The quantitative estimate of drug-likeness (QED) is 0.713. The number of rotatable bonds is 3. The van der Waals surface area contributed by atoms with E-state index < -0.39 is 0 Å². The largest absolute Gasteiger partial charge is 0.335 e. The lowest BCUT2D eigenvalue weighted by Gasteiger charge is -2.25. The van der Waals surface area contributed by atoms with Crippen molar-refractivity contribution in [3.8, 4) is 0 Å². The predicted octanol–water partition coefficient (Wildman–Crippen LogP) is 4.17. The molecule has 1 atom stereocenters. The number of aromatic nitrogens is 2. The second-order valence-electron chi connectivity index (χ2n) is 7.50. The smallest absolute Gasteiger partial charge is 0.229 e. The predicted molar refractivity (Wildman–Crippen MR) is 103 cm³/mol. The summed E-state index contributed by atoms with van der Waals surface area (Å²) in [6.45, 7) is 7.13. The highest BCUT2D eigenvalue weighted by Crippen LogP contribution is 2.33. The Morgan fingerprint density at radius 2 is 1.96 bits per heavy atom. The number of fused-ring (bicyclic) bond motifs is 1. The molecule has 1 unspecified atom stereocenters. The molecule has 0 N–H and O–H groups in total. The van der Waals surface area contributed by atoms with E-state index in [1.165, 1.54) is 16.7 Å². The van der Waals surface area contributed by atoms with Crippen LogP contribution in [0, 0.1) is 20.8 Å². The zero-order chi connectivity index (χ0) is 18.3. The summed E-state index contributed by atoms with van der Waals surface area (Å²) < 4.78 is 2.00. The maximum atomic E-state index is 13.0. The summed E-state index contributed by atoms with van der Waals surface area (Å²) in [4.78, 5) is 19.7. The fraction of sp³-hybridized carbons (Fsp3) is 0.364. The Hall–Kier alpha value is -2.62. The van der Waals surface area contributed by atoms with E-state index in [4.69, 9.17) is 0 Å². The number of hydrogen-bond acceptors (Lipinski definition) is 2. The topological polar surface area (TPSA) is 37.6 Å². The average molecular weight is 347 g/mol. The van der Waals surface area contributed by atoms with Gasteiger partial charge in [0, 0.05) is 18.9 Å². The lowest BCUT2D eigenvalue weighted by atomic mass is 9.99. The van der Waals surface area contributed by atoms with Crippen LogP contribution in [0.4, 0.5) is 0 Å². The molecule has 1 aliphatic rings. The third-order valence-electron chi connectivity index (χ3n) is 5.26. The molecule has 0 bridgehead atoms. The normalized spacial score (nSPS) is 17.2. The van der Waals surface area contributed by atoms with Gasteiger partial charge in [0.2, 0.25) is 5.91 Å². The molecule has 0 saturated carbocycles. The molecule has 4 rings (SSSR count). The fourth-order valence-electron chi connectivity index (χ4n) is 4.16. The first kappa shape index (κ1) is 16.8. The highest BCUT2D eigenvalue weighted by Gasteiger charge is 2.30. The van der Waals surface area contributed by atoms with E-state index in [-0.39, 0.29) is 11.9 Å². The monoisotopic (exact) mass is 347 g/mol. The van der Waals surface area contributed by atoms with Crippen LogP contribution < -0.4 is 0 Å². The zero-order valence-electron chi connectivity index (χ0n) is 15.7. The van der Waals surface area contributed by atoms with Gasteiger partial charge in [0.05, 0.1) is 18.2 Å². The summed E-state index contributed by atoms with van der Waals surface area (Å²) >= 11 is 0. The van der Waals surface area contributed by atoms with Crippen molar-refractivity contribution in [2.24, 2.45) is 0 Å². The molecule has 0 spiro atoms. The summed E-state index contributed by atoms with van der Waals surface area (Å²) in [5.74, 6) is 0.174. The SMILES string of the molecule is Cc1cc(C)cc(C2CCCN2C(=O)Cc2cn3cccc(C)c3n2)c1. The summed E-state index contributed by atoms with van der Waals surface area (Å²) in [6, 6.07) is 10.9. The van der Waals surface area contributed by atoms with E-state index in [0.29, 0.717) is 6.42 Å². The Labute approximate surface area is 154 Å². The van der Waals surface area contributed by atoms with E-state index in [0.717, 1.165) is 36.3 Å². The average Bonchev–Trinajstić information content (AvgIpc) is 3.21. The molecule has 2 aromatic heterocycles. The summed E-state index contributed by atoms with van der Waals surface area (Å²) in [7, 11) is 0. The molecule has 1 saturated heterocycles. The van der Waals surface area contributed by atoms with Gasteiger partial charge in [-0.2, -0.15) is 0 Å². The summed E-state index contributed by atoms with van der Waals surface area (Å²) in [5, 5.41) is 0. The molecule has 1 amide bonds. The van der Waals surface area contributed by atoms with Gasteiger partial charge in [-0.15, -0.1) is 0 Å². The van der Waals surface area contributed by atoms with Crippen LogP contribution in [-0.2, 0) is 11.2 Å². The molecule has 1 aromatic carbocycles. The number of carbonyl (C=O) groups excluding carboxylic acids is 1. The van der Waals surface area contributed by atoms with Crippen LogP contribution in [-0.4, -0.2) is 26.7 Å². The van der Waals surface area contributed by atoms with Crippen LogP contribution in [0.1, 0.15) is 46.8 Å². The number of pyridine rings is 1. The van der Waals surface area contributed by atoms with Gasteiger partial charge in [0.25, 0.3) is 0 Å². The van der Waals surface area contributed by atoms with Crippen molar-refractivity contribution >= 4 is 11.6 Å². The van der Waals surface area contributed by atoms with Crippen molar-refractivity contribution in [3.05, 3.63) is 70.7 Å². The van der Waals surface area contributed by atoms with Crippen molar-refractivity contribution in [2.75, 3.05) is 6.54 Å². The standard InChI is InChI=1S/C22H25N3O/c1-15-10-16(2)12-18(11-15)20-7-5-9-25(20)21(26)13-19-14-24-8-4-6-17(3)22(24)23-19/h4,6,8,10-12,14,20H,5,7,9,13H2,1-3H3. The first-order valence-electron chi connectivity index (χ1n) is 9.32. The van der Waals surface area contributed by atoms with Crippen molar-refractivity contribution in [2.45, 2.75) is 46.1 Å². The third kappa shape index (κ3) is 3.12. The van der Waals surface area contributed by atoms with Gasteiger partial charge < -0.3 is 9.30 Å². The van der Waals surface area contributed by atoms with Crippen molar-refractivity contribution in [1.82, 2.24) is 14.3 Å². The van der Waals surface area contributed by atoms with Crippen LogP contribution >= 0.6 is 0 Å². The number of amides is 1. The first-order chi connectivity index (χ1) is 12.5. The van der Waals surface area contributed by atoms with Crippen LogP contribution in [0.5, 0.6) is 0 Å². The number of likely N-dealkylation sites (tertiary alicyclic amines) is 1. The molecule has 26 heavy (non-hydrogen) atoms. The van der Waals surface area contributed by atoms with E-state index in [2.05, 4.69) is 37.0 Å². The second-order valence-corrected chi connectivity index (χ2v) is 7.50. The molecule has 1 aliphatic heterocycles. The minimum atomic E-state index is 0.174. The van der Waals surface area contributed by atoms with E-state index in [1.54, 1.807) is 0 Å². The highest BCUT2D eigenvalue weighted by molar-refractivity contribution is 5.79. The van der Waals surface area contributed by atoms with Gasteiger partial charge in [-0.3, -0.25) is 4.79 Å². The highest BCUT2D eigenvalue weighted by atomic mass is 16.2. The lowest BCUT2D eigenvalue weighted by Crippen LogP contribution is -2.32. The van der Waals surface area contributed by atoms with E-state index in [1.807, 2.05) is 40.8 Å². The van der Waals surface area contributed by atoms with E-state index >= 15 is 0 Å². The molecule has 3 heterocycles. The number of aryl methyl sites for hydroxylation is 3. The Bertz CT molecular complexity index is 952. The Balaban J connectivity index is 1.57. The molecular formula is C22H25N3O. The van der Waals surface area contributed by atoms with Gasteiger partial charge in [-0.05, 0) is 50.8 Å². The van der Waals surface area contributed by atoms with E-state index in [9.17, 15) is 4.79 Å². The maximum absolute atomic E-state index is 13.0. The Morgan fingerprint density at radius 3 is 2.69 bits per heavy atom. The number of imidazole rings is 1. The number of hydrogen-bond donors (Lipinski definition) is 0. The molecule has 1 fully saturated rings. The van der Waals surface area contributed by atoms with Gasteiger partial charge in [-0.1, -0.05) is 35.4 Å². The van der Waals surface area contributed by atoms with Gasteiger partial charge in [0.15, 0.2) is 0 Å². The van der Waals surface area contributed by atoms with Gasteiger partial charge in [-0.25, -0.2) is 4.98 Å². The molecular weight excluding hydrogens is 322 g/mol. The van der Waals surface area contributed by atoms with Crippen LogP contribution in [0.2, 0.25) is 0 Å². The fourth-order valence-corrected chi connectivity index (χ4v) is 4.16. The van der Waals surface area contributed by atoms with Crippen molar-refractivity contribution in [1.29, 1.82) is 0 Å². The summed E-state index contributed by atoms with van der Waals surface area (Å²) in [5.41, 5.74) is 6.68. The molecule has 134 valence electrons. The molecule has 4 nitrogen and oxygen atoms in total. The van der Waals surface area contributed by atoms with Crippen molar-refractivity contribution in [3.63, 3.8) is 0 Å². The Kier molecular flexibility index (Phi) is 4.27. The lowest BCUT2D eigenvalue weighted by molar-refractivity contribution is -0.131. The minimum absolute atomic E-state index is 0.174. The number of carbonyl (C=O) groups is 1. The number of nitrogens with zero attached hydrogens (tertiary/aromatic N) is 3. The zero-order valence-corrected chi connectivity index (χ0v) is 15.7. The summed E-state index contributed by atoms with van der Waals surface area (Å²) in [6.07, 6.45) is 6.43. The first-order valence-corrected chi connectivity index (χ1v) is 9.32. The van der Waals surface area contributed by atoms with Crippen LogP contribution in [0.15, 0.2) is 42.7 Å².